The molecule has 0 amide bonds. The van der Waals surface area contributed by atoms with Crippen LogP contribution in [0.15, 0.2) is 11.6 Å². The van der Waals surface area contributed by atoms with Crippen LogP contribution in [0.3, 0.4) is 0 Å². The minimum atomic E-state index is -3.31. The Kier molecular flexibility index (Phi) is 4.51. The maximum absolute atomic E-state index is 12.0. The van der Waals surface area contributed by atoms with Gasteiger partial charge in [0.15, 0.2) is 0 Å². The van der Waals surface area contributed by atoms with Gasteiger partial charge in [-0.1, -0.05) is 18.1 Å². The molecule has 2 aliphatic rings. The Morgan fingerprint density at radius 2 is 2.20 bits per heavy atom. The van der Waals surface area contributed by atoms with Gasteiger partial charge in [0.25, 0.3) is 0 Å². The van der Waals surface area contributed by atoms with Crippen molar-refractivity contribution < 1.29 is 23.1 Å². The number of aliphatic carboxylic acids is 1. The maximum Gasteiger partial charge on any atom is 0.313 e. The molecule has 114 valence electrons. The van der Waals surface area contributed by atoms with Crippen molar-refractivity contribution in [3.8, 4) is 0 Å². The number of sulfonamides is 1. The molecular weight excluding hydrogens is 282 g/mol. The van der Waals surface area contributed by atoms with Crippen LogP contribution >= 0.6 is 0 Å². The Bertz CT molecular complexity index is 507. The SMILES string of the molecule is COCCS(=O)(=O)N1CC=C(C2(C(=O)O)CCC2)CC1. The molecule has 0 aromatic rings. The van der Waals surface area contributed by atoms with E-state index >= 15 is 0 Å². The average Bonchev–Trinajstić information content (AvgIpc) is 2.35. The molecule has 7 heteroatoms. The molecule has 1 heterocycles. The van der Waals surface area contributed by atoms with E-state index < -0.39 is 21.4 Å². The number of hydrogen-bond donors (Lipinski definition) is 1. The highest BCUT2D eigenvalue weighted by Crippen LogP contribution is 2.49. The van der Waals surface area contributed by atoms with E-state index in [-0.39, 0.29) is 18.9 Å². The number of nitrogens with zero attached hydrogens (tertiary/aromatic N) is 1. The van der Waals surface area contributed by atoms with Gasteiger partial charge in [-0.15, -0.1) is 0 Å². The molecule has 0 unspecified atom stereocenters. The Labute approximate surface area is 119 Å². The number of carboxylic acids is 1. The summed E-state index contributed by atoms with van der Waals surface area (Å²) in [6.07, 6.45) is 4.58. The number of methoxy groups -OCH3 is 1. The fraction of sp³-hybridized carbons (Fsp3) is 0.769. The fourth-order valence-electron chi connectivity index (χ4n) is 2.86. The van der Waals surface area contributed by atoms with Gasteiger partial charge < -0.3 is 9.84 Å². The standard InChI is InChI=1S/C13H21NO5S/c1-19-9-10-20(17,18)14-7-3-11(4-8-14)13(12(15)16)5-2-6-13/h3H,2,4-10H2,1H3,(H,15,16). The third kappa shape index (κ3) is 2.75. The first kappa shape index (κ1) is 15.5. The van der Waals surface area contributed by atoms with E-state index in [0.29, 0.717) is 25.8 Å². The molecule has 0 spiro atoms. The Balaban J connectivity index is 2.05. The average molecular weight is 303 g/mol. The summed E-state index contributed by atoms with van der Waals surface area (Å²) in [5.41, 5.74) is 0.178. The third-order valence-electron chi connectivity index (χ3n) is 4.34. The van der Waals surface area contributed by atoms with Gasteiger partial charge >= 0.3 is 5.97 Å². The molecule has 0 aromatic carbocycles. The first-order valence-electron chi connectivity index (χ1n) is 6.82. The highest BCUT2D eigenvalue weighted by atomic mass is 32.2. The van der Waals surface area contributed by atoms with Crippen LogP contribution in [-0.2, 0) is 19.6 Å². The molecule has 1 saturated carbocycles. The van der Waals surface area contributed by atoms with Crippen molar-refractivity contribution in [3.63, 3.8) is 0 Å². The zero-order valence-corrected chi connectivity index (χ0v) is 12.5. The predicted octanol–water partition coefficient (Wildman–Crippen LogP) is 0.850. The van der Waals surface area contributed by atoms with Crippen LogP contribution in [0.1, 0.15) is 25.7 Å². The minimum absolute atomic E-state index is 0.0310. The molecule has 0 atom stereocenters. The van der Waals surface area contributed by atoms with Gasteiger partial charge in [-0.2, -0.15) is 4.31 Å². The zero-order valence-electron chi connectivity index (χ0n) is 11.7. The molecule has 0 bridgehead atoms. The van der Waals surface area contributed by atoms with Crippen LogP contribution in [0.25, 0.3) is 0 Å². The lowest BCUT2D eigenvalue weighted by atomic mass is 9.63. The van der Waals surface area contributed by atoms with Crippen molar-refractivity contribution in [3.05, 3.63) is 11.6 Å². The van der Waals surface area contributed by atoms with Crippen molar-refractivity contribution in [2.24, 2.45) is 5.41 Å². The van der Waals surface area contributed by atoms with E-state index in [1.54, 1.807) is 6.08 Å². The summed E-state index contributed by atoms with van der Waals surface area (Å²) in [6, 6.07) is 0. The second-order valence-electron chi connectivity index (χ2n) is 5.39. The Hall–Kier alpha value is -0.920. The summed E-state index contributed by atoms with van der Waals surface area (Å²) in [6.45, 7) is 0.817. The van der Waals surface area contributed by atoms with Gasteiger partial charge in [0.1, 0.15) is 0 Å². The summed E-state index contributed by atoms with van der Waals surface area (Å²) in [7, 11) is -1.84. The van der Waals surface area contributed by atoms with Gasteiger partial charge in [0, 0.05) is 20.2 Å². The molecular formula is C13H21NO5S. The van der Waals surface area contributed by atoms with Crippen LogP contribution < -0.4 is 0 Å². The van der Waals surface area contributed by atoms with E-state index in [0.717, 1.165) is 12.0 Å². The van der Waals surface area contributed by atoms with Crippen LogP contribution in [0, 0.1) is 5.41 Å². The third-order valence-corrected chi connectivity index (χ3v) is 6.14. The molecule has 6 nitrogen and oxygen atoms in total. The quantitative estimate of drug-likeness (QED) is 0.735. The van der Waals surface area contributed by atoms with E-state index in [9.17, 15) is 18.3 Å². The van der Waals surface area contributed by atoms with E-state index in [1.807, 2.05) is 0 Å². The zero-order chi connectivity index (χ0) is 14.8. The van der Waals surface area contributed by atoms with Crippen molar-refractivity contribution in [1.29, 1.82) is 0 Å². The fourth-order valence-corrected chi connectivity index (χ4v) is 4.16. The topological polar surface area (TPSA) is 83.9 Å². The van der Waals surface area contributed by atoms with Gasteiger partial charge in [0.05, 0.1) is 17.8 Å². The van der Waals surface area contributed by atoms with Crippen molar-refractivity contribution in [2.75, 3.05) is 32.6 Å². The molecule has 0 saturated heterocycles. The summed E-state index contributed by atoms with van der Waals surface area (Å²) in [4.78, 5) is 11.4. The lowest BCUT2D eigenvalue weighted by molar-refractivity contribution is -0.151. The van der Waals surface area contributed by atoms with E-state index in [4.69, 9.17) is 4.74 Å². The van der Waals surface area contributed by atoms with E-state index in [1.165, 1.54) is 11.4 Å². The largest absolute Gasteiger partial charge is 0.481 e. The normalized spacial score (nSPS) is 22.9. The number of carbonyl (C=O) groups is 1. The summed E-state index contributed by atoms with van der Waals surface area (Å²) >= 11 is 0. The molecule has 0 aromatic heterocycles. The molecule has 1 fully saturated rings. The van der Waals surface area contributed by atoms with Crippen LogP contribution in [0.4, 0.5) is 0 Å². The highest BCUT2D eigenvalue weighted by Gasteiger charge is 2.47. The van der Waals surface area contributed by atoms with Gasteiger partial charge in [-0.05, 0) is 19.3 Å². The molecule has 1 aliphatic heterocycles. The molecule has 1 N–H and O–H groups in total. The summed E-state index contributed by atoms with van der Waals surface area (Å²) < 4.78 is 30.2. The van der Waals surface area contributed by atoms with Crippen LogP contribution in [0.5, 0.6) is 0 Å². The first-order chi connectivity index (χ1) is 9.42. The molecule has 20 heavy (non-hydrogen) atoms. The Morgan fingerprint density at radius 3 is 2.60 bits per heavy atom. The van der Waals surface area contributed by atoms with Gasteiger partial charge in [0.2, 0.25) is 10.0 Å². The minimum Gasteiger partial charge on any atom is -0.481 e. The molecule has 1 aliphatic carbocycles. The number of rotatable bonds is 6. The van der Waals surface area contributed by atoms with Crippen LogP contribution in [-0.4, -0.2) is 56.4 Å². The first-order valence-corrected chi connectivity index (χ1v) is 8.43. The number of carboxylic acid groups (broad SMARTS) is 1. The molecule has 0 radical (unpaired) electrons. The Morgan fingerprint density at radius 1 is 1.50 bits per heavy atom. The summed E-state index contributed by atoms with van der Waals surface area (Å²) in [5, 5.41) is 9.39. The summed E-state index contributed by atoms with van der Waals surface area (Å²) in [5.74, 6) is -0.804. The van der Waals surface area contributed by atoms with Crippen molar-refractivity contribution in [1.82, 2.24) is 4.31 Å². The second kappa shape index (κ2) is 5.83. The second-order valence-corrected chi connectivity index (χ2v) is 7.48. The highest BCUT2D eigenvalue weighted by molar-refractivity contribution is 7.89. The smallest absolute Gasteiger partial charge is 0.313 e. The van der Waals surface area contributed by atoms with Crippen molar-refractivity contribution >= 4 is 16.0 Å². The van der Waals surface area contributed by atoms with Gasteiger partial charge in [-0.3, -0.25) is 4.79 Å². The van der Waals surface area contributed by atoms with Gasteiger partial charge in [-0.25, -0.2) is 8.42 Å². The van der Waals surface area contributed by atoms with E-state index in [2.05, 4.69) is 0 Å². The monoisotopic (exact) mass is 303 g/mol. The lowest BCUT2D eigenvalue weighted by Gasteiger charge is -2.42. The van der Waals surface area contributed by atoms with Crippen LogP contribution in [0.2, 0.25) is 0 Å². The number of ether oxygens (including phenoxy) is 1. The maximum atomic E-state index is 12.0. The lowest BCUT2D eigenvalue weighted by Crippen LogP contribution is -2.44. The molecule has 2 rings (SSSR count). The van der Waals surface area contributed by atoms with Crippen molar-refractivity contribution in [2.45, 2.75) is 25.7 Å². The number of hydrogen-bond acceptors (Lipinski definition) is 4. The predicted molar refractivity (Wildman–Crippen MR) is 73.9 cm³/mol.